The second-order valence-corrected chi connectivity index (χ2v) is 6.81. The summed E-state index contributed by atoms with van der Waals surface area (Å²) in [5.41, 5.74) is 8.52. The Hall–Kier alpha value is -1.86. The van der Waals surface area contributed by atoms with Crippen molar-refractivity contribution in [2.75, 3.05) is 18.8 Å². The van der Waals surface area contributed by atoms with Crippen LogP contribution in [0.1, 0.15) is 28.2 Å². The molecule has 6 nitrogen and oxygen atoms in total. The fourth-order valence-electron chi connectivity index (χ4n) is 3.07. The smallest absolute Gasteiger partial charge is 0.267 e. The zero-order chi connectivity index (χ0) is 14.6. The van der Waals surface area contributed by atoms with E-state index in [4.69, 9.17) is 5.73 Å². The van der Waals surface area contributed by atoms with Crippen molar-refractivity contribution in [3.05, 3.63) is 22.8 Å². The number of nitrogens with zero attached hydrogens (tertiary/aromatic N) is 2. The molecule has 2 aromatic heterocycles. The van der Waals surface area contributed by atoms with Crippen molar-refractivity contribution in [3.8, 4) is 10.4 Å². The summed E-state index contributed by atoms with van der Waals surface area (Å²) in [6.45, 7) is 3.74. The first-order valence-corrected chi connectivity index (χ1v) is 7.89. The molecule has 0 radical (unpaired) electrons. The minimum atomic E-state index is -0.0841. The number of nitrogens with one attached hydrogen (secondary N) is 2. The number of carbonyl (C=O) groups excluding carboxylic acids is 1. The van der Waals surface area contributed by atoms with Gasteiger partial charge in [0.2, 0.25) is 0 Å². The molecule has 0 aromatic carbocycles. The number of rotatable bonds is 2. The third-order valence-corrected chi connectivity index (χ3v) is 5.52. The first-order valence-electron chi connectivity index (χ1n) is 7.07. The largest absolute Gasteiger partial charge is 0.397 e. The Morgan fingerprint density at radius 2 is 2.43 bits per heavy atom. The Morgan fingerprint density at radius 1 is 1.57 bits per heavy atom. The number of thiophene rings is 1. The number of aromatic amines is 1. The van der Waals surface area contributed by atoms with E-state index in [1.165, 1.54) is 11.3 Å². The van der Waals surface area contributed by atoms with E-state index in [1.807, 2.05) is 17.9 Å². The molecule has 2 aromatic rings. The SMILES string of the molecule is Cc1[nH]ncc1-c1cc(N)c(C(=O)N2CC23CCCN3)s1. The third-order valence-electron chi connectivity index (χ3n) is 4.35. The normalized spacial score (nSPS) is 24.0. The predicted molar refractivity (Wildman–Crippen MR) is 82.1 cm³/mol. The lowest BCUT2D eigenvalue weighted by Crippen LogP contribution is -2.32. The van der Waals surface area contributed by atoms with Gasteiger partial charge in [-0.05, 0) is 32.4 Å². The van der Waals surface area contributed by atoms with E-state index < -0.39 is 0 Å². The maximum atomic E-state index is 12.6. The van der Waals surface area contributed by atoms with Gasteiger partial charge in [0.1, 0.15) is 10.5 Å². The highest BCUT2D eigenvalue weighted by molar-refractivity contribution is 7.18. The van der Waals surface area contributed by atoms with Gasteiger partial charge in [-0.25, -0.2) is 0 Å². The van der Waals surface area contributed by atoms with E-state index in [0.717, 1.165) is 42.1 Å². The zero-order valence-corrected chi connectivity index (χ0v) is 12.6. The van der Waals surface area contributed by atoms with Crippen molar-refractivity contribution in [1.29, 1.82) is 0 Å². The number of aromatic nitrogens is 2. The second kappa shape index (κ2) is 4.32. The van der Waals surface area contributed by atoms with Crippen LogP contribution in [-0.4, -0.2) is 39.8 Å². The molecule has 2 saturated heterocycles. The number of amides is 1. The Morgan fingerprint density at radius 3 is 3.10 bits per heavy atom. The second-order valence-electron chi connectivity index (χ2n) is 5.76. The Balaban J connectivity index is 1.63. The lowest BCUT2D eigenvalue weighted by molar-refractivity contribution is 0.0854. The van der Waals surface area contributed by atoms with E-state index in [2.05, 4.69) is 15.5 Å². The molecule has 2 fully saturated rings. The Kier molecular flexibility index (Phi) is 2.64. The number of carbonyl (C=O) groups is 1. The first kappa shape index (κ1) is 12.8. The number of nitrogens with two attached hydrogens (primary N) is 1. The Labute approximate surface area is 126 Å². The molecule has 1 amide bonds. The summed E-state index contributed by atoms with van der Waals surface area (Å²) >= 11 is 1.45. The first-order chi connectivity index (χ1) is 10.1. The summed E-state index contributed by atoms with van der Waals surface area (Å²) < 4.78 is 0. The molecule has 7 heteroatoms. The molecular weight excluding hydrogens is 286 g/mol. The van der Waals surface area contributed by atoms with Gasteiger partial charge >= 0.3 is 0 Å². The third kappa shape index (κ3) is 1.88. The molecule has 0 saturated carbocycles. The monoisotopic (exact) mass is 303 g/mol. The standard InChI is InChI=1S/C14H17N5OS/c1-8-9(6-17-18-8)11-5-10(15)12(21-11)13(20)19-7-14(19)3-2-4-16-14/h5-6,16H,2-4,7,15H2,1H3,(H,17,18). The number of nitrogen functional groups attached to an aromatic ring is 1. The summed E-state index contributed by atoms with van der Waals surface area (Å²) in [5.74, 6) is 0.0410. The molecule has 4 N–H and O–H groups in total. The van der Waals surface area contributed by atoms with Crippen molar-refractivity contribution < 1.29 is 4.79 Å². The molecular formula is C14H17N5OS. The molecule has 0 bridgehead atoms. The highest BCUT2D eigenvalue weighted by Crippen LogP contribution is 2.42. The maximum Gasteiger partial charge on any atom is 0.267 e. The van der Waals surface area contributed by atoms with Crippen LogP contribution in [0.3, 0.4) is 0 Å². The minimum Gasteiger partial charge on any atom is -0.397 e. The van der Waals surface area contributed by atoms with Gasteiger partial charge in [-0.15, -0.1) is 11.3 Å². The van der Waals surface area contributed by atoms with Gasteiger partial charge in [0.25, 0.3) is 5.91 Å². The van der Waals surface area contributed by atoms with Crippen molar-refractivity contribution >= 4 is 22.9 Å². The van der Waals surface area contributed by atoms with Gasteiger partial charge in [-0.3, -0.25) is 15.2 Å². The molecule has 0 aliphatic carbocycles. The average molecular weight is 303 g/mol. The van der Waals surface area contributed by atoms with Crippen LogP contribution in [0.25, 0.3) is 10.4 Å². The molecule has 1 unspecified atom stereocenters. The highest BCUT2D eigenvalue weighted by Gasteiger charge is 2.56. The van der Waals surface area contributed by atoms with Crippen LogP contribution in [0.4, 0.5) is 5.69 Å². The summed E-state index contributed by atoms with van der Waals surface area (Å²) in [7, 11) is 0. The minimum absolute atomic E-state index is 0.0410. The Bertz CT molecular complexity index is 713. The molecule has 1 atom stereocenters. The highest BCUT2D eigenvalue weighted by atomic mass is 32.1. The van der Waals surface area contributed by atoms with Crippen LogP contribution in [-0.2, 0) is 0 Å². The van der Waals surface area contributed by atoms with E-state index >= 15 is 0 Å². The number of aryl methyl sites for hydroxylation is 1. The zero-order valence-electron chi connectivity index (χ0n) is 11.8. The molecule has 4 rings (SSSR count). The summed E-state index contributed by atoms with van der Waals surface area (Å²) in [5, 5.41) is 10.4. The molecule has 2 aliphatic rings. The fourth-order valence-corrected chi connectivity index (χ4v) is 4.17. The van der Waals surface area contributed by atoms with Crippen LogP contribution < -0.4 is 11.1 Å². The summed E-state index contributed by atoms with van der Waals surface area (Å²) in [4.78, 5) is 16.2. The quantitative estimate of drug-likeness (QED) is 0.735. The molecule has 1 spiro atoms. The van der Waals surface area contributed by atoms with Crippen LogP contribution in [0, 0.1) is 6.92 Å². The van der Waals surface area contributed by atoms with Crippen LogP contribution in [0.15, 0.2) is 12.3 Å². The van der Waals surface area contributed by atoms with E-state index in [-0.39, 0.29) is 11.6 Å². The summed E-state index contributed by atoms with van der Waals surface area (Å²) in [6.07, 6.45) is 3.94. The number of anilines is 1. The van der Waals surface area contributed by atoms with Gasteiger partial charge in [0.15, 0.2) is 0 Å². The number of H-pyrrole nitrogens is 1. The predicted octanol–water partition coefficient (Wildman–Crippen LogP) is 1.56. The van der Waals surface area contributed by atoms with Crippen molar-refractivity contribution in [3.63, 3.8) is 0 Å². The van der Waals surface area contributed by atoms with Gasteiger partial charge in [-0.2, -0.15) is 5.10 Å². The van der Waals surface area contributed by atoms with Gasteiger partial charge in [0, 0.05) is 16.1 Å². The average Bonchev–Trinajstić information content (AvgIpc) is 2.82. The van der Waals surface area contributed by atoms with Crippen LogP contribution in [0.2, 0.25) is 0 Å². The number of hydrogen-bond donors (Lipinski definition) is 3. The molecule has 21 heavy (non-hydrogen) atoms. The van der Waals surface area contributed by atoms with E-state index in [0.29, 0.717) is 10.6 Å². The topological polar surface area (TPSA) is 86.8 Å². The van der Waals surface area contributed by atoms with E-state index in [9.17, 15) is 4.79 Å². The van der Waals surface area contributed by atoms with Crippen molar-refractivity contribution in [2.24, 2.45) is 0 Å². The van der Waals surface area contributed by atoms with E-state index in [1.54, 1.807) is 6.20 Å². The summed E-state index contributed by atoms with van der Waals surface area (Å²) in [6, 6.07) is 1.87. The van der Waals surface area contributed by atoms with Gasteiger partial charge < -0.3 is 10.6 Å². The molecule has 2 aliphatic heterocycles. The molecule has 4 heterocycles. The van der Waals surface area contributed by atoms with Gasteiger partial charge in [-0.1, -0.05) is 0 Å². The van der Waals surface area contributed by atoms with Crippen molar-refractivity contribution in [2.45, 2.75) is 25.4 Å². The van der Waals surface area contributed by atoms with Crippen LogP contribution in [0.5, 0.6) is 0 Å². The maximum absolute atomic E-state index is 12.6. The fraction of sp³-hybridized carbons (Fsp3) is 0.429. The lowest BCUT2D eigenvalue weighted by atomic mass is 10.2. The molecule has 110 valence electrons. The van der Waals surface area contributed by atoms with Crippen LogP contribution >= 0.6 is 11.3 Å². The van der Waals surface area contributed by atoms with Crippen molar-refractivity contribution in [1.82, 2.24) is 20.4 Å². The van der Waals surface area contributed by atoms with Gasteiger partial charge in [0.05, 0.1) is 18.4 Å². The number of hydrogen-bond acceptors (Lipinski definition) is 5. The lowest BCUT2D eigenvalue weighted by Gasteiger charge is -2.10.